The normalized spacial score (nSPS) is 47.2. The molecular weight excluding hydrogens is 456 g/mol. The zero-order valence-electron chi connectivity index (χ0n) is 22.2. The largest absolute Gasteiger partial charge is 0.388 e. The second kappa shape index (κ2) is 12.4. The molecule has 2 saturated heterocycles. The molecule has 11 heteroatoms. The summed E-state index contributed by atoms with van der Waals surface area (Å²) >= 11 is 0. The number of aliphatic hydroxyl groups is 3. The van der Waals surface area contributed by atoms with Crippen molar-refractivity contribution in [2.45, 2.75) is 113 Å². The van der Waals surface area contributed by atoms with Crippen molar-refractivity contribution >= 4 is 0 Å². The number of ether oxygens (including phenoxy) is 4. The Kier molecular flexibility index (Phi) is 10.3. The molecular formula is C24H48N4O7. The van der Waals surface area contributed by atoms with Crippen LogP contribution in [0.5, 0.6) is 0 Å². The molecule has 0 bridgehead atoms. The van der Waals surface area contributed by atoms with Crippen molar-refractivity contribution in [1.82, 2.24) is 21.3 Å². The van der Waals surface area contributed by atoms with Gasteiger partial charge in [0, 0.05) is 12.1 Å². The molecule has 35 heavy (non-hydrogen) atoms. The summed E-state index contributed by atoms with van der Waals surface area (Å²) in [4.78, 5) is 0. The predicted molar refractivity (Wildman–Crippen MR) is 131 cm³/mol. The van der Waals surface area contributed by atoms with Crippen LogP contribution in [0.25, 0.3) is 0 Å². The van der Waals surface area contributed by atoms with E-state index in [4.69, 9.17) is 18.9 Å². The molecule has 3 fully saturated rings. The van der Waals surface area contributed by atoms with Gasteiger partial charge in [-0.3, -0.25) is 0 Å². The van der Waals surface area contributed by atoms with E-state index < -0.39 is 48.6 Å². The summed E-state index contributed by atoms with van der Waals surface area (Å²) in [6, 6.07) is -1.000. The van der Waals surface area contributed by atoms with Gasteiger partial charge in [-0.1, -0.05) is 13.8 Å². The van der Waals surface area contributed by atoms with Crippen LogP contribution >= 0.6 is 0 Å². The van der Waals surface area contributed by atoms with Gasteiger partial charge >= 0.3 is 0 Å². The molecule has 2 heterocycles. The Morgan fingerprint density at radius 2 is 1.40 bits per heavy atom. The maximum absolute atomic E-state index is 11.5. The lowest BCUT2D eigenvalue weighted by molar-refractivity contribution is -0.310. The fraction of sp³-hybridized carbons (Fsp3) is 1.00. The van der Waals surface area contributed by atoms with Crippen LogP contribution < -0.4 is 21.3 Å². The highest BCUT2D eigenvalue weighted by Crippen LogP contribution is 2.33. The summed E-state index contributed by atoms with van der Waals surface area (Å²) in [5.74, 6) is 0.363. The summed E-state index contributed by atoms with van der Waals surface area (Å²) in [6.07, 6.45) is -2.41. The first-order valence-corrected chi connectivity index (χ1v) is 12.9. The highest BCUT2D eigenvalue weighted by molar-refractivity contribution is 5.03. The van der Waals surface area contributed by atoms with Gasteiger partial charge in [-0.05, 0) is 60.3 Å². The van der Waals surface area contributed by atoms with E-state index in [9.17, 15) is 15.3 Å². The van der Waals surface area contributed by atoms with Crippen molar-refractivity contribution < 1.29 is 34.3 Å². The Morgan fingerprint density at radius 3 is 1.91 bits per heavy atom. The number of hydrogen-bond donors (Lipinski definition) is 7. The van der Waals surface area contributed by atoms with Gasteiger partial charge < -0.3 is 55.5 Å². The van der Waals surface area contributed by atoms with Crippen LogP contribution in [0.3, 0.4) is 0 Å². The van der Waals surface area contributed by atoms with Gasteiger partial charge in [-0.15, -0.1) is 0 Å². The van der Waals surface area contributed by atoms with Crippen LogP contribution in [-0.2, 0) is 18.9 Å². The second-order valence-electron chi connectivity index (χ2n) is 10.8. The molecule has 3 rings (SSSR count). The topological polar surface area (TPSA) is 146 Å². The molecule has 0 aromatic heterocycles. The van der Waals surface area contributed by atoms with Crippen LogP contribution in [0.2, 0.25) is 0 Å². The highest BCUT2D eigenvalue weighted by atomic mass is 16.7. The maximum atomic E-state index is 11.5. The Labute approximate surface area is 209 Å². The quantitative estimate of drug-likeness (QED) is 0.197. The number of nitrogens with one attached hydrogen (secondary N) is 4. The molecule has 0 aromatic carbocycles. The van der Waals surface area contributed by atoms with Crippen LogP contribution in [0, 0.1) is 5.92 Å². The van der Waals surface area contributed by atoms with E-state index in [0.29, 0.717) is 12.3 Å². The smallest absolute Gasteiger partial charge is 0.185 e. The van der Waals surface area contributed by atoms with E-state index in [1.807, 2.05) is 21.1 Å². The molecule has 1 aliphatic carbocycles. The van der Waals surface area contributed by atoms with Crippen LogP contribution in [0.4, 0.5) is 0 Å². The van der Waals surface area contributed by atoms with Crippen LogP contribution in [-0.4, -0.2) is 123 Å². The third-order valence-corrected chi connectivity index (χ3v) is 7.95. The van der Waals surface area contributed by atoms with Crippen molar-refractivity contribution in [3.05, 3.63) is 0 Å². The summed E-state index contributed by atoms with van der Waals surface area (Å²) in [6.45, 7) is 5.87. The molecule has 2 aliphatic heterocycles. The first-order chi connectivity index (χ1) is 16.6. The van der Waals surface area contributed by atoms with Crippen molar-refractivity contribution in [2.24, 2.45) is 5.92 Å². The minimum atomic E-state index is -1.25. The van der Waals surface area contributed by atoms with E-state index in [-0.39, 0.29) is 30.8 Å². The van der Waals surface area contributed by atoms with Crippen LogP contribution in [0.1, 0.15) is 40.0 Å². The molecule has 7 N–H and O–H groups in total. The minimum absolute atomic E-state index is 0.0112. The first-order valence-electron chi connectivity index (χ1n) is 12.9. The highest BCUT2D eigenvalue weighted by Gasteiger charge is 2.51. The van der Waals surface area contributed by atoms with Crippen molar-refractivity contribution in [2.75, 3.05) is 34.8 Å². The summed E-state index contributed by atoms with van der Waals surface area (Å²) in [5, 5.41) is 45.7. The third kappa shape index (κ3) is 6.35. The Balaban J connectivity index is 1.78. The number of rotatable bonds is 9. The molecule has 0 radical (unpaired) electrons. The monoisotopic (exact) mass is 504 g/mol. The average Bonchev–Trinajstić information content (AvgIpc) is 2.83. The summed E-state index contributed by atoms with van der Waals surface area (Å²) in [7, 11) is 7.23. The van der Waals surface area contributed by atoms with Gasteiger partial charge in [0.25, 0.3) is 0 Å². The maximum Gasteiger partial charge on any atom is 0.185 e. The zero-order chi connectivity index (χ0) is 25.9. The third-order valence-electron chi connectivity index (χ3n) is 7.95. The first kappa shape index (κ1) is 29.1. The fourth-order valence-corrected chi connectivity index (χ4v) is 5.71. The molecule has 206 valence electrons. The Morgan fingerprint density at radius 1 is 0.829 bits per heavy atom. The van der Waals surface area contributed by atoms with E-state index in [1.54, 1.807) is 14.0 Å². The number of aliphatic hydroxyl groups excluding tert-OH is 2. The molecule has 12 atom stereocenters. The Bertz CT molecular complexity index is 657. The van der Waals surface area contributed by atoms with E-state index >= 15 is 0 Å². The van der Waals surface area contributed by atoms with Gasteiger partial charge in [-0.25, -0.2) is 0 Å². The van der Waals surface area contributed by atoms with E-state index in [1.165, 1.54) is 0 Å². The van der Waals surface area contributed by atoms with Gasteiger partial charge in [-0.2, -0.15) is 0 Å². The number of hydrogen-bond acceptors (Lipinski definition) is 11. The van der Waals surface area contributed by atoms with Gasteiger partial charge in [0.1, 0.15) is 30.0 Å². The fourth-order valence-electron chi connectivity index (χ4n) is 5.71. The Hall–Kier alpha value is -0.440. The molecule has 0 spiro atoms. The predicted octanol–water partition coefficient (Wildman–Crippen LogP) is -1.50. The SMILES string of the molecule is CNC1CC[C@H](C(C)C)O[C@@H]1O[C@H]1C(NC)C[C@@H](NC)[C@@H](O[C@H]2OC[C@](C)(O)[C@@H](NC)[C@H]2O)[C@H]1O. The second-order valence-corrected chi connectivity index (χ2v) is 10.8. The van der Waals surface area contributed by atoms with Crippen molar-refractivity contribution in [3.63, 3.8) is 0 Å². The average molecular weight is 505 g/mol. The molecule has 0 aromatic rings. The van der Waals surface area contributed by atoms with Gasteiger partial charge in [0.05, 0.1) is 24.8 Å². The summed E-state index contributed by atoms with van der Waals surface area (Å²) in [5.41, 5.74) is -1.25. The molecule has 2 unspecified atom stereocenters. The lowest BCUT2D eigenvalue weighted by Gasteiger charge is -2.49. The standard InChI is InChI=1S/C24H48N4O7/c1-12(2)16-9-8-13(25-4)22(33-16)34-19-14(26-5)10-15(27-6)20(17(19)29)35-23-18(30)21(28-7)24(3,31)11-32-23/h12-23,25-31H,8-11H2,1-7H3/t13?,14?,15-,16-,17+,18-,19+,20-,21+,22-,23-,24+/m1/s1. The van der Waals surface area contributed by atoms with E-state index in [0.717, 1.165) is 12.8 Å². The number of likely N-dealkylation sites (N-methyl/N-ethyl adjacent to an activating group) is 4. The van der Waals surface area contributed by atoms with Crippen molar-refractivity contribution in [3.8, 4) is 0 Å². The summed E-state index contributed by atoms with van der Waals surface area (Å²) < 4.78 is 24.7. The lowest BCUT2D eigenvalue weighted by Crippen LogP contribution is -2.69. The minimum Gasteiger partial charge on any atom is -0.388 e. The van der Waals surface area contributed by atoms with Gasteiger partial charge in [0.2, 0.25) is 0 Å². The molecule has 1 saturated carbocycles. The van der Waals surface area contributed by atoms with Crippen LogP contribution in [0.15, 0.2) is 0 Å². The molecule has 0 amide bonds. The molecule has 3 aliphatic rings. The van der Waals surface area contributed by atoms with Crippen molar-refractivity contribution in [1.29, 1.82) is 0 Å². The van der Waals surface area contributed by atoms with E-state index in [2.05, 4.69) is 35.1 Å². The molecule has 11 nitrogen and oxygen atoms in total. The zero-order valence-corrected chi connectivity index (χ0v) is 22.2. The lowest BCUT2D eigenvalue weighted by atomic mass is 9.83. The van der Waals surface area contributed by atoms with Gasteiger partial charge in [0.15, 0.2) is 12.6 Å².